The molecule has 0 spiro atoms. The molecule has 1 fully saturated rings. The Morgan fingerprint density at radius 2 is 2.23 bits per heavy atom. The van der Waals surface area contributed by atoms with E-state index < -0.39 is 5.60 Å². The normalized spacial score (nSPS) is 18.2. The largest absolute Gasteiger partial charge is 0.444 e. The Bertz CT molecular complexity index is 814. The number of hydrogen-bond donors (Lipinski definition) is 2. The third-order valence-electron chi connectivity index (χ3n) is 4.60. The molecule has 142 valence electrons. The number of halogens is 1. The number of aromatic nitrogens is 2. The molecule has 2 aromatic rings. The molecule has 1 amide bonds. The lowest BCUT2D eigenvalue weighted by atomic mass is 10.0. The van der Waals surface area contributed by atoms with E-state index in [1.165, 1.54) is 0 Å². The molecule has 3 N–H and O–H groups in total. The average Bonchev–Trinajstić information content (AvgIpc) is 2.94. The van der Waals surface area contributed by atoms with Crippen LogP contribution in [0.4, 0.5) is 16.2 Å². The second-order valence-corrected chi connectivity index (χ2v) is 8.16. The van der Waals surface area contributed by atoms with E-state index in [0.717, 1.165) is 30.5 Å². The van der Waals surface area contributed by atoms with Gasteiger partial charge in [-0.2, -0.15) is 0 Å². The fourth-order valence-corrected chi connectivity index (χ4v) is 3.61. The second kappa shape index (κ2) is 6.87. The van der Waals surface area contributed by atoms with E-state index in [0.29, 0.717) is 22.9 Å². The summed E-state index contributed by atoms with van der Waals surface area (Å²) >= 11 is 6.46. The minimum absolute atomic E-state index is 0.0399. The van der Waals surface area contributed by atoms with E-state index in [2.05, 4.69) is 14.9 Å². The zero-order valence-corrected chi connectivity index (χ0v) is 16.4. The van der Waals surface area contributed by atoms with Crippen LogP contribution in [-0.2, 0) is 4.74 Å². The van der Waals surface area contributed by atoms with Gasteiger partial charge in [-0.05, 0) is 33.6 Å². The molecule has 2 aromatic heterocycles. The number of carbonyl (C=O) groups is 1. The van der Waals surface area contributed by atoms with E-state index in [1.54, 1.807) is 24.3 Å². The smallest absolute Gasteiger partial charge is 0.410 e. The number of fused-ring (bicyclic) bond motifs is 1. The fourth-order valence-electron chi connectivity index (χ4n) is 3.35. The highest BCUT2D eigenvalue weighted by Crippen LogP contribution is 2.38. The number of ether oxygens (including phenoxy) is 1. The first-order valence-electron chi connectivity index (χ1n) is 8.79. The molecule has 1 aliphatic rings. The standard InChI is InChI=1S/C18H26ClN5O2/c1-18(2,3)26-17(25)23(4)11-6-5-7-24(10-11)15-12(19)8-21-16-14(15)13(20)9-22-16/h8-9,11H,5-7,10,20H2,1-4H3,(H,21,22). The zero-order chi connectivity index (χ0) is 19.1. The third-order valence-corrected chi connectivity index (χ3v) is 4.88. The van der Waals surface area contributed by atoms with Crippen LogP contribution in [0, 0.1) is 0 Å². The lowest BCUT2D eigenvalue weighted by Crippen LogP contribution is -2.50. The van der Waals surface area contributed by atoms with E-state index >= 15 is 0 Å². The van der Waals surface area contributed by atoms with Gasteiger partial charge in [0.1, 0.15) is 11.2 Å². The number of nitrogens with two attached hydrogens (primary N) is 1. The summed E-state index contributed by atoms with van der Waals surface area (Å²) in [6, 6.07) is 0.0399. The monoisotopic (exact) mass is 379 g/mol. The van der Waals surface area contributed by atoms with Crippen LogP contribution in [0.3, 0.4) is 0 Å². The van der Waals surface area contributed by atoms with E-state index in [1.807, 2.05) is 20.8 Å². The van der Waals surface area contributed by atoms with Crippen LogP contribution < -0.4 is 10.6 Å². The predicted molar refractivity (Wildman–Crippen MR) is 105 cm³/mol. The van der Waals surface area contributed by atoms with Gasteiger partial charge in [0.15, 0.2) is 0 Å². The van der Waals surface area contributed by atoms with Crippen molar-refractivity contribution in [1.29, 1.82) is 0 Å². The van der Waals surface area contributed by atoms with Crippen molar-refractivity contribution in [2.24, 2.45) is 0 Å². The van der Waals surface area contributed by atoms with Gasteiger partial charge in [-0.3, -0.25) is 0 Å². The minimum Gasteiger partial charge on any atom is -0.444 e. The van der Waals surface area contributed by atoms with Crippen LogP contribution in [0.5, 0.6) is 0 Å². The van der Waals surface area contributed by atoms with E-state index in [9.17, 15) is 4.79 Å². The van der Waals surface area contributed by atoms with Gasteiger partial charge < -0.3 is 25.3 Å². The van der Waals surface area contributed by atoms with E-state index in [4.69, 9.17) is 22.1 Å². The Balaban J connectivity index is 1.84. The summed E-state index contributed by atoms with van der Waals surface area (Å²) in [5.41, 5.74) is 7.81. The number of hydrogen-bond acceptors (Lipinski definition) is 5. The molecule has 26 heavy (non-hydrogen) atoms. The molecule has 1 aliphatic heterocycles. The molecule has 0 aliphatic carbocycles. The molecule has 0 radical (unpaired) electrons. The summed E-state index contributed by atoms with van der Waals surface area (Å²) in [5, 5.41) is 1.39. The Morgan fingerprint density at radius 1 is 1.50 bits per heavy atom. The highest BCUT2D eigenvalue weighted by atomic mass is 35.5. The SMILES string of the molecule is CN(C(=O)OC(C)(C)C)C1CCCN(c2c(Cl)cnc3[nH]cc(N)c23)C1. The summed E-state index contributed by atoms with van der Waals surface area (Å²) < 4.78 is 5.50. The molecule has 8 heteroatoms. The van der Waals surface area contributed by atoms with Crippen molar-refractivity contribution in [2.45, 2.75) is 45.3 Å². The molecule has 1 atom stereocenters. The first kappa shape index (κ1) is 18.6. The van der Waals surface area contributed by atoms with Crippen molar-refractivity contribution in [3.8, 4) is 0 Å². The quantitative estimate of drug-likeness (QED) is 0.831. The molecule has 3 heterocycles. The number of amides is 1. The van der Waals surface area contributed by atoms with Gasteiger partial charge in [0.2, 0.25) is 0 Å². The van der Waals surface area contributed by atoms with E-state index in [-0.39, 0.29) is 12.1 Å². The van der Waals surface area contributed by atoms with Gasteiger partial charge in [-0.1, -0.05) is 11.6 Å². The summed E-state index contributed by atoms with van der Waals surface area (Å²) in [7, 11) is 1.79. The maximum absolute atomic E-state index is 12.4. The molecule has 7 nitrogen and oxygen atoms in total. The molecular formula is C18H26ClN5O2. The first-order valence-corrected chi connectivity index (χ1v) is 9.17. The van der Waals surface area contributed by atoms with Gasteiger partial charge in [-0.25, -0.2) is 9.78 Å². The third kappa shape index (κ3) is 3.67. The van der Waals surface area contributed by atoms with Gasteiger partial charge in [-0.15, -0.1) is 0 Å². The summed E-state index contributed by atoms with van der Waals surface area (Å²) in [6.45, 7) is 7.12. The van der Waals surface area contributed by atoms with Crippen molar-refractivity contribution >= 4 is 40.1 Å². The Morgan fingerprint density at radius 3 is 2.92 bits per heavy atom. The molecule has 0 saturated carbocycles. The van der Waals surface area contributed by atoms with Crippen molar-refractivity contribution in [3.05, 3.63) is 17.4 Å². The number of likely N-dealkylation sites (N-methyl/N-ethyl adjacent to an activating group) is 1. The number of nitrogens with one attached hydrogen (secondary N) is 1. The van der Waals surface area contributed by atoms with Crippen LogP contribution in [0.25, 0.3) is 11.0 Å². The number of pyridine rings is 1. The minimum atomic E-state index is -0.514. The van der Waals surface area contributed by atoms with Crippen LogP contribution in [0.1, 0.15) is 33.6 Å². The van der Waals surface area contributed by atoms with Gasteiger partial charge in [0.25, 0.3) is 0 Å². The maximum Gasteiger partial charge on any atom is 0.410 e. The summed E-state index contributed by atoms with van der Waals surface area (Å²) in [4.78, 5) is 23.7. The van der Waals surface area contributed by atoms with Crippen LogP contribution in [0.2, 0.25) is 5.02 Å². The lowest BCUT2D eigenvalue weighted by Gasteiger charge is -2.39. The summed E-state index contributed by atoms with van der Waals surface area (Å²) in [5.74, 6) is 0. The van der Waals surface area contributed by atoms with Crippen LogP contribution in [0.15, 0.2) is 12.4 Å². The average molecular weight is 380 g/mol. The van der Waals surface area contributed by atoms with Crippen molar-refractivity contribution < 1.29 is 9.53 Å². The zero-order valence-electron chi connectivity index (χ0n) is 15.7. The second-order valence-electron chi connectivity index (χ2n) is 7.76. The van der Waals surface area contributed by atoms with Crippen molar-refractivity contribution in [2.75, 3.05) is 30.8 Å². The fraction of sp³-hybridized carbons (Fsp3) is 0.556. The predicted octanol–water partition coefficient (Wildman–Crippen LogP) is 3.63. The van der Waals surface area contributed by atoms with Gasteiger partial charge in [0, 0.05) is 26.3 Å². The Labute approximate surface area is 158 Å². The number of rotatable bonds is 2. The van der Waals surface area contributed by atoms with Crippen molar-refractivity contribution in [1.82, 2.24) is 14.9 Å². The first-order chi connectivity index (χ1) is 12.2. The van der Waals surface area contributed by atoms with Crippen LogP contribution >= 0.6 is 11.6 Å². The van der Waals surface area contributed by atoms with Gasteiger partial charge in [0.05, 0.1) is 34.0 Å². The molecular weight excluding hydrogens is 354 g/mol. The highest BCUT2D eigenvalue weighted by molar-refractivity contribution is 6.35. The lowest BCUT2D eigenvalue weighted by molar-refractivity contribution is 0.0210. The number of nitrogens with zero attached hydrogens (tertiary/aromatic N) is 3. The number of carbonyl (C=O) groups excluding carboxylic acids is 1. The van der Waals surface area contributed by atoms with Crippen molar-refractivity contribution in [3.63, 3.8) is 0 Å². The molecule has 1 saturated heterocycles. The highest BCUT2D eigenvalue weighted by Gasteiger charge is 2.31. The van der Waals surface area contributed by atoms with Gasteiger partial charge >= 0.3 is 6.09 Å². The molecule has 0 bridgehead atoms. The number of anilines is 2. The number of H-pyrrole nitrogens is 1. The molecule has 1 unspecified atom stereocenters. The number of piperidine rings is 1. The number of aromatic amines is 1. The molecule has 3 rings (SSSR count). The molecule has 0 aromatic carbocycles. The topological polar surface area (TPSA) is 87.5 Å². The number of nitrogen functional groups attached to an aromatic ring is 1. The Hall–Kier alpha value is -2.15. The maximum atomic E-state index is 12.4. The van der Waals surface area contributed by atoms with Crippen LogP contribution in [-0.4, -0.2) is 52.7 Å². The summed E-state index contributed by atoms with van der Waals surface area (Å²) in [6.07, 6.45) is 4.92. The Kier molecular flexibility index (Phi) is 4.92.